The third-order valence-corrected chi connectivity index (χ3v) is 3.31. The number of alkyl halides is 3. The quantitative estimate of drug-likeness (QED) is 0.722. The van der Waals surface area contributed by atoms with E-state index in [0.29, 0.717) is 11.8 Å². The Morgan fingerprint density at radius 1 is 1.00 bits per heavy atom. The molecule has 0 unspecified atom stereocenters. The fourth-order valence-electron chi connectivity index (χ4n) is 1.73. The van der Waals surface area contributed by atoms with Crippen LogP contribution in [0.3, 0.4) is 0 Å². The third-order valence-electron chi connectivity index (χ3n) is 2.70. The number of hydrogen-bond acceptors (Lipinski definition) is 1. The maximum absolute atomic E-state index is 13.2. The first kappa shape index (κ1) is 15.8. The van der Waals surface area contributed by atoms with Gasteiger partial charge in [-0.3, -0.25) is 0 Å². The van der Waals surface area contributed by atoms with Gasteiger partial charge in [0.05, 0.1) is 10.0 Å². The van der Waals surface area contributed by atoms with E-state index in [9.17, 15) is 22.0 Å². The molecule has 0 fully saturated rings. The molecule has 0 bridgehead atoms. The summed E-state index contributed by atoms with van der Waals surface area (Å²) in [5, 5.41) is 2.80. The fraction of sp³-hybridized carbons (Fsp3) is 0.143. The van der Waals surface area contributed by atoms with Crippen molar-refractivity contribution in [3.05, 3.63) is 63.6 Å². The molecule has 0 aliphatic rings. The number of benzene rings is 2. The molecule has 0 spiro atoms. The number of hydrogen-bond donors (Lipinski definition) is 1. The maximum atomic E-state index is 13.2. The van der Waals surface area contributed by atoms with Crippen LogP contribution >= 0.6 is 15.9 Å². The SMILES string of the molecule is Fc1cc(CNc2ccc(F)c(Br)c2)cc(C(F)(F)F)c1. The molecule has 0 aliphatic carbocycles. The van der Waals surface area contributed by atoms with E-state index < -0.39 is 23.4 Å². The Balaban J connectivity index is 2.16. The minimum Gasteiger partial charge on any atom is -0.381 e. The van der Waals surface area contributed by atoms with Gasteiger partial charge in [0.1, 0.15) is 11.6 Å². The highest BCUT2D eigenvalue weighted by molar-refractivity contribution is 9.10. The van der Waals surface area contributed by atoms with E-state index in [1.807, 2.05) is 0 Å². The van der Waals surface area contributed by atoms with E-state index in [1.165, 1.54) is 18.2 Å². The first-order chi connectivity index (χ1) is 9.75. The summed E-state index contributed by atoms with van der Waals surface area (Å²) in [7, 11) is 0. The Labute approximate surface area is 125 Å². The van der Waals surface area contributed by atoms with Crippen molar-refractivity contribution in [1.29, 1.82) is 0 Å². The third kappa shape index (κ3) is 4.17. The Morgan fingerprint density at radius 3 is 2.33 bits per heavy atom. The lowest BCUT2D eigenvalue weighted by atomic mass is 10.1. The van der Waals surface area contributed by atoms with Gasteiger partial charge in [0.15, 0.2) is 0 Å². The smallest absolute Gasteiger partial charge is 0.381 e. The topological polar surface area (TPSA) is 12.0 Å². The molecule has 0 saturated heterocycles. The van der Waals surface area contributed by atoms with Crippen molar-refractivity contribution in [1.82, 2.24) is 0 Å². The van der Waals surface area contributed by atoms with E-state index in [2.05, 4.69) is 21.2 Å². The monoisotopic (exact) mass is 365 g/mol. The van der Waals surface area contributed by atoms with Crippen LogP contribution in [0.1, 0.15) is 11.1 Å². The van der Waals surface area contributed by atoms with Crippen LogP contribution in [0.2, 0.25) is 0 Å². The van der Waals surface area contributed by atoms with Gasteiger partial charge in [-0.25, -0.2) is 8.78 Å². The van der Waals surface area contributed by atoms with E-state index >= 15 is 0 Å². The molecule has 1 N–H and O–H groups in total. The zero-order valence-electron chi connectivity index (χ0n) is 10.4. The first-order valence-electron chi connectivity index (χ1n) is 5.81. The lowest BCUT2D eigenvalue weighted by molar-refractivity contribution is -0.137. The van der Waals surface area contributed by atoms with Crippen LogP contribution in [0.4, 0.5) is 27.6 Å². The summed E-state index contributed by atoms with van der Waals surface area (Å²) in [6, 6.07) is 6.41. The van der Waals surface area contributed by atoms with Crippen LogP contribution in [0.5, 0.6) is 0 Å². The van der Waals surface area contributed by atoms with Gasteiger partial charge < -0.3 is 5.32 Å². The average Bonchev–Trinajstić information content (AvgIpc) is 2.38. The lowest BCUT2D eigenvalue weighted by Crippen LogP contribution is -2.08. The van der Waals surface area contributed by atoms with Crippen LogP contribution in [0.15, 0.2) is 40.9 Å². The molecule has 0 aliphatic heterocycles. The largest absolute Gasteiger partial charge is 0.416 e. The molecule has 1 nitrogen and oxygen atoms in total. The molecule has 0 atom stereocenters. The second-order valence-electron chi connectivity index (χ2n) is 4.33. The predicted molar refractivity (Wildman–Crippen MR) is 72.8 cm³/mol. The lowest BCUT2D eigenvalue weighted by Gasteiger charge is -2.11. The average molecular weight is 366 g/mol. The molecular formula is C14H9BrF5N. The van der Waals surface area contributed by atoms with Gasteiger partial charge in [0, 0.05) is 12.2 Å². The summed E-state index contributed by atoms with van der Waals surface area (Å²) >= 11 is 3.00. The predicted octanol–water partition coefficient (Wildman–Crippen LogP) is 5.36. The fourth-order valence-corrected chi connectivity index (χ4v) is 2.11. The Morgan fingerprint density at radius 2 is 1.71 bits per heavy atom. The molecule has 7 heteroatoms. The molecule has 2 aromatic carbocycles. The molecule has 21 heavy (non-hydrogen) atoms. The van der Waals surface area contributed by atoms with Crippen LogP contribution in [-0.2, 0) is 12.7 Å². The minimum atomic E-state index is -4.60. The molecule has 2 rings (SSSR count). The standard InChI is InChI=1S/C14H9BrF5N/c15-12-6-11(1-2-13(12)17)21-7-8-3-9(14(18,19)20)5-10(16)4-8/h1-6,21H,7H2. The molecule has 112 valence electrons. The van der Waals surface area contributed by atoms with Gasteiger partial charge >= 0.3 is 6.18 Å². The summed E-state index contributed by atoms with van der Waals surface area (Å²) in [6.07, 6.45) is -4.60. The molecule has 0 aromatic heterocycles. The molecule has 0 amide bonds. The maximum Gasteiger partial charge on any atom is 0.416 e. The minimum absolute atomic E-state index is 0.0150. The van der Waals surface area contributed by atoms with E-state index in [1.54, 1.807) is 0 Å². The molecular weight excluding hydrogens is 357 g/mol. The van der Waals surface area contributed by atoms with Gasteiger partial charge in [-0.2, -0.15) is 13.2 Å². The van der Waals surface area contributed by atoms with Gasteiger partial charge in [0.25, 0.3) is 0 Å². The van der Waals surface area contributed by atoms with Crippen molar-refractivity contribution >= 4 is 21.6 Å². The summed E-state index contributed by atoms with van der Waals surface area (Å²) < 4.78 is 64.2. The van der Waals surface area contributed by atoms with Crippen molar-refractivity contribution in [2.45, 2.75) is 12.7 Å². The summed E-state index contributed by atoms with van der Waals surface area (Å²) in [5.74, 6) is -1.41. The second-order valence-corrected chi connectivity index (χ2v) is 5.18. The summed E-state index contributed by atoms with van der Waals surface area (Å²) in [5.41, 5.74) is -0.400. The normalized spacial score (nSPS) is 11.5. The van der Waals surface area contributed by atoms with E-state index in [-0.39, 0.29) is 16.6 Å². The highest BCUT2D eigenvalue weighted by Gasteiger charge is 2.31. The molecule has 0 radical (unpaired) electrons. The first-order valence-corrected chi connectivity index (χ1v) is 6.60. The molecule has 0 heterocycles. The molecule has 0 saturated carbocycles. The van der Waals surface area contributed by atoms with Crippen LogP contribution < -0.4 is 5.32 Å². The van der Waals surface area contributed by atoms with Gasteiger partial charge in [-0.05, 0) is 57.9 Å². The van der Waals surface area contributed by atoms with Crippen LogP contribution in [-0.4, -0.2) is 0 Å². The zero-order valence-corrected chi connectivity index (χ0v) is 12.0. The number of halogens is 6. The second kappa shape index (κ2) is 6.01. The van der Waals surface area contributed by atoms with Crippen LogP contribution in [0, 0.1) is 11.6 Å². The Hall–Kier alpha value is -1.63. The van der Waals surface area contributed by atoms with Crippen molar-refractivity contribution in [3.8, 4) is 0 Å². The van der Waals surface area contributed by atoms with Crippen molar-refractivity contribution in [3.63, 3.8) is 0 Å². The van der Waals surface area contributed by atoms with E-state index in [0.717, 1.165) is 12.1 Å². The molecule has 2 aromatic rings. The van der Waals surface area contributed by atoms with Crippen LogP contribution in [0.25, 0.3) is 0 Å². The van der Waals surface area contributed by atoms with Gasteiger partial charge in [-0.15, -0.1) is 0 Å². The Kier molecular flexibility index (Phi) is 4.51. The van der Waals surface area contributed by atoms with Crippen molar-refractivity contribution < 1.29 is 22.0 Å². The highest BCUT2D eigenvalue weighted by atomic mass is 79.9. The van der Waals surface area contributed by atoms with Gasteiger partial charge in [0.2, 0.25) is 0 Å². The zero-order chi connectivity index (χ0) is 15.6. The highest BCUT2D eigenvalue weighted by Crippen LogP contribution is 2.30. The Bertz CT molecular complexity index is 654. The van der Waals surface area contributed by atoms with Gasteiger partial charge in [-0.1, -0.05) is 0 Å². The summed E-state index contributed by atoms with van der Waals surface area (Å²) in [6.45, 7) is -0.0150. The van der Waals surface area contributed by atoms with E-state index in [4.69, 9.17) is 0 Å². The number of rotatable bonds is 3. The van der Waals surface area contributed by atoms with Crippen molar-refractivity contribution in [2.24, 2.45) is 0 Å². The number of nitrogens with one attached hydrogen (secondary N) is 1. The number of anilines is 1. The van der Waals surface area contributed by atoms with Crippen molar-refractivity contribution in [2.75, 3.05) is 5.32 Å². The summed E-state index contributed by atoms with van der Waals surface area (Å²) in [4.78, 5) is 0.